The van der Waals surface area contributed by atoms with Crippen molar-refractivity contribution in [2.75, 3.05) is 26.3 Å². The van der Waals surface area contributed by atoms with Crippen LogP contribution in [0.3, 0.4) is 0 Å². The maximum Gasteiger partial charge on any atom is 0.0651 e. The lowest BCUT2D eigenvalue weighted by Gasteiger charge is -2.52. The molecule has 0 aromatic heterocycles. The summed E-state index contributed by atoms with van der Waals surface area (Å²) < 4.78 is 5.49. The van der Waals surface area contributed by atoms with Gasteiger partial charge in [0.25, 0.3) is 0 Å². The Hall–Kier alpha value is -0.520. The molecule has 1 aliphatic heterocycles. The Kier molecular flexibility index (Phi) is 2.08. The predicted octanol–water partition coefficient (Wildman–Crippen LogP) is 0.874. The zero-order valence-corrected chi connectivity index (χ0v) is 7.38. The molecule has 2 rings (SSSR count). The molecule has 0 radical (unpaired) electrons. The molecular formula is C10H15NO. The minimum absolute atomic E-state index is 0.338. The number of hydrogen-bond donors (Lipinski definition) is 0. The van der Waals surface area contributed by atoms with E-state index in [0.29, 0.717) is 5.54 Å². The fraction of sp³-hybridized carbons (Fsp3) is 0.800. The Morgan fingerprint density at radius 2 is 2.33 bits per heavy atom. The van der Waals surface area contributed by atoms with E-state index in [0.717, 1.165) is 26.3 Å². The summed E-state index contributed by atoms with van der Waals surface area (Å²) in [6.45, 7) is 3.56. The number of terminal acetylenes is 1. The normalized spacial score (nSPS) is 27.9. The van der Waals surface area contributed by atoms with Crippen LogP contribution in [0.25, 0.3) is 0 Å². The molecule has 1 aliphatic carbocycles. The number of morpholine rings is 1. The van der Waals surface area contributed by atoms with Gasteiger partial charge >= 0.3 is 0 Å². The van der Waals surface area contributed by atoms with E-state index in [1.54, 1.807) is 0 Å². The van der Waals surface area contributed by atoms with Gasteiger partial charge in [-0.3, -0.25) is 4.90 Å². The third-order valence-corrected chi connectivity index (χ3v) is 3.11. The van der Waals surface area contributed by atoms with Crippen molar-refractivity contribution in [2.45, 2.75) is 24.8 Å². The Balaban J connectivity index is 2.02. The first-order valence-electron chi connectivity index (χ1n) is 4.64. The van der Waals surface area contributed by atoms with Crippen LogP contribution >= 0.6 is 0 Å². The number of rotatable bonds is 1. The minimum Gasteiger partial charge on any atom is -0.378 e. The summed E-state index contributed by atoms with van der Waals surface area (Å²) in [5, 5.41) is 0. The highest BCUT2D eigenvalue weighted by Gasteiger charge is 2.44. The molecule has 2 nitrogen and oxygen atoms in total. The van der Waals surface area contributed by atoms with Gasteiger partial charge in [0.1, 0.15) is 0 Å². The van der Waals surface area contributed by atoms with Crippen molar-refractivity contribution < 1.29 is 4.74 Å². The fourth-order valence-corrected chi connectivity index (χ4v) is 2.17. The van der Waals surface area contributed by atoms with Crippen LogP contribution in [-0.4, -0.2) is 36.7 Å². The Labute approximate surface area is 73.9 Å². The fourth-order valence-electron chi connectivity index (χ4n) is 2.17. The van der Waals surface area contributed by atoms with Crippen molar-refractivity contribution in [2.24, 2.45) is 0 Å². The summed E-state index contributed by atoms with van der Waals surface area (Å²) in [6, 6.07) is 0. The lowest BCUT2D eigenvalue weighted by molar-refractivity contribution is -0.100. The average Bonchev–Trinajstić information content (AvgIpc) is 2.03. The highest BCUT2D eigenvalue weighted by molar-refractivity contribution is 5.03. The summed E-state index contributed by atoms with van der Waals surface area (Å²) in [5.41, 5.74) is 0.338. The molecule has 0 atom stereocenters. The van der Waals surface area contributed by atoms with Crippen molar-refractivity contribution >= 4 is 0 Å². The average molecular weight is 165 g/mol. The van der Waals surface area contributed by atoms with Crippen molar-refractivity contribution in [1.29, 1.82) is 0 Å². The van der Waals surface area contributed by atoms with Gasteiger partial charge in [-0.15, -0.1) is 6.42 Å². The summed E-state index contributed by atoms with van der Waals surface area (Å²) in [7, 11) is 0. The van der Waals surface area contributed by atoms with Crippen LogP contribution in [0.5, 0.6) is 0 Å². The van der Waals surface area contributed by atoms with E-state index in [2.05, 4.69) is 10.8 Å². The Morgan fingerprint density at radius 1 is 1.50 bits per heavy atom. The molecule has 2 aliphatic rings. The second-order valence-corrected chi connectivity index (χ2v) is 3.76. The third-order valence-electron chi connectivity index (χ3n) is 3.11. The summed E-state index contributed by atoms with van der Waals surface area (Å²) in [5.74, 6) is 2.73. The molecule has 0 aromatic rings. The van der Waals surface area contributed by atoms with Crippen LogP contribution in [0.1, 0.15) is 19.3 Å². The van der Waals surface area contributed by atoms with Gasteiger partial charge in [0, 0.05) is 12.1 Å². The lowest BCUT2D eigenvalue weighted by Crippen LogP contribution is -2.60. The zero-order chi connectivity index (χ0) is 8.44. The number of nitrogens with zero attached hydrogens (tertiary/aromatic N) is 1. The minimum atomic E-state index is 0.338. The van der Waals surface area contributed by atoms with E-state index < -0.39 is 0 Å². The summed E-state index contributed by atoms with van der Waals surface area (Å²) >= 11 is 0. The van der Waals surface area contributed by atoms with E-state index in [1.807, 2.05) is 0 Å². The predicted molar refractivity (Wildman–Crippen MR) is 47.8 cm³/mol. The molecule has 0 amide bonds. The van der Waals surface area contributed by atoms with E-state index in [9.17, 15) is 0 Å². The molecule has 1 heterocycles. The standard InChI is InChI=1S/C10H15NO/c1-2-6-11-7-8-12-9-10(11)4-3-5-10/h1H,3-9H2. The van der Waals surface area contributed by atoms with Crippen molar-refractivity contribution in [3.8, 4) is 12.3 Å². The van der Waals surface area contributed by atoms with E-state index in [-0.39, 0.29) is 0 Å². The molecule has 1 saturated heterocycles. The molecule has 0 unspecified atom stereocenters. The molecule has 12 heavy (non-hydrogen) atoms. The molecule has 1 saturated carbocycles. The maximum absolute atomic E-state index is 5.49. The topological polar surface area (TPSA) is 12.5 Å². The molecule has 0 N–H and O–H groups in total. The largest absolute Gasteiger partial charge is 0.378 e. The number of ether oxygens (including phenoxy) is 1. The molecule has 0 aromatic carbocycles. The first kappa shape index (κ1) is 8.10. The summed E-state index contributed by atoms with van der Waals surface area (Å²) in [6.07, 6.45) is 9.21. The SMILES string of the molecule is C#CCN1CCOCC12CCC2. The van der Waals surface area contributed by atoms with E-state index in [1.165, 1.54) is 19.3 Å². The van der Waals surface area contributed by atoms with Crippen LogP contribution in [0, 0.1) is 12.3 Å². The van der Waals surface area contributed by atoms with Crippen LogP contribution in [-0.2, 0) is 4.74 Å². The molecule has 2 heteroatoms. The van der Waals surface area contributed by atoms with Crippen LogP contribution in [0.2, 0.25) is 0 Å². The Bertz CT molecular complexity index is 202. The quantitative estimate of drug-likeness (QED) is 0.535. The molecular weight excluding hydrogens is 150 g/mol. The second kappa shape index (κ2) is 3.08. The van der Waals surface area contributed by atoms with Gasteiger partial charge in [0.15, 0.2) is 0 Å². The van der Waals surface area contributed by atoms with Gasteiger partial charge in [0.05, 0.1) is 19.8 Å². The molecule has 66 valence electrons. The van der Waals surface area contributed by atoms with Gasteiger partial charge in [-0.1, -0.05) is 5.92 Å². The van der Waals surface area contributed by atoms with Crippen molar-refractivity contribution in [3.63, 3.8) is 0 Å². The Morgan fingerprint density at radius 3 is 2.92 bits per heavy atom. The van der Waals surface area contributed by atoms with Gasteiger partial charge in [-0.25, -0.2) is 0 Å². The maximum atomic E-state index is 5.49. The van der Waals surface area contributed by atoms with E-state index in [4.69, 9.17) is 11.2 Å². The number of hydrogen-bond acceptors (Lipinski definition) is 2. The lowest BCUT2D eigenvalue weighted by atomic mass is 9.75. The smallest absolute Gasteiger partial charge is 0.0651 e. The first-order chi connectivity index (χ1) is 5.87. The van der Waals surface area contributed by atoms with Gasteiger partial charge in [-0.2, -0.15) is 0 Å². The van der Waals surface area contributed by atoms with Crippen molar-refractivity contribution in [3.05, 3.63) is 0 Å². The van der Waals surface area contributed by atoms with Gasteiger partial charge < -0.3 is 4.74 Å². The van der Waals surface area contributed by atoms with Crippen LogP contribution in [0.15, 0.2) is 0 Å². The van der Waals surface area contributed by atoms with Crippen LogP contribution in [0.4, 0.5) is 0 Å². The first-order valence-corrected chi connectivity index (χ1v) is 4.64. The van der Waals surface area contributed by atoms with Crippen LogP contribution < -0.4 is 0 Å². The van der Waals surface area contributed by atoms with Crippen molar-refractivity contribution in [1.82, 2.24) is 4.90 Å². The molecule has 0 bridgehead atoms. The zero-order valence-electron chi connectivity index (χ0n) is 7.38. The third kappa shape index (κ3) is 1.14. The van der Waals surface area contributed by atoms with Gasteiger partial charge in [0.2, 0.25) is 0 Å². The highest BCUT2D eigenvalue weighted by Crippen LogP contribution is 2.39. The molecule has 1 spiro atoms. The van der Waals surface area contributed by atoms with E-state index >= 15 is 0 Å². The second-order valence-electron chi connectivity index (χ2n) is 3.76. The monoisotopic (exact) mass is 165 g/mol. The highest BCUT2D eigenvalue weighted by atomic mass is 16.5. The summed E-state index contributed by atoms with van der Waals surface area (Å²) in [4.78, 5) is 2.42. The van der Waals surface area contributed by atoms with Gasteiger partial charge in [-0.05, 0) is 19.3 Å². The molecule has 2 fully saturated rings.